The van der Waals surface area contributed by atoms with Crippen LogP contribution < -0.4 is 0 Å². The zero-order valence-electron chi connectivity index (χ0n) is 10.2. The van der Waals surface area contributed by atoms with Crippen molar-refractivity contribution >= 4 is 0 Å². The van der Waals surface area contributed by atoms with Crippen LogP contribution in [0.4, 0.5) is 0 Å². The largest absolute Gasteiger partial charge is 0.394 e. The molecule has 0 bridgehead atoms. The maximum absolute atomic E-state index is 8.70. The second-order valence-electron chi connectivity index (χ2n) is 4.57. The molecule has 0 aliphatic rings. The Kier molecular flexibility index (Phi) is 7.20. The summed E-state index contributed by atoms with van der Waals surface area (Å²) in [6.07, 6.45) is 5.07. The Morgan fingerprint density at radius 2 is 1.93 bits per heavy atom. The van der Waals surface area contributed by atoms with E-state index < -0.39 is 0 Å². The van der Waals surface area contributed by atoms with Crippen LogP contribution in [0, 0.1) is 5.92 Å². The summed E-state index contributed by atoms with van der Waals surface area (Å²) < 4.78 is 5.62. The number of aliphatic hydroxyl groups is 1. The first-order valence-corrected chi connectivity index (χ1v) is 5.79. The highest BCUT2D eigenvalue weighted by Gasteiger charge is 2.25. The molecule has 0 aliphatic carbocycles. The van der Waals surface area contributed by atoms with Crippen LogP contribution in [0.25, 0.3) is 0 Å². The van der Waals surface area contributed by atoms with E-state index in [0.717, 1.165) is 0 Å². The average Bonchev–Trinajstić information content (AvgIpc) is 2.15. The third-order valence-electron chi connectivity index (χ3n) is 2.99. The smallest absolute Gasteiger partial charge is 0.0705 e. The molecule has 1 unspecified atom stereocenters. The SMILES string of the molecule is CCCCCC(C)C(C)(C)OCCO. The summed E-state index contributed by atoms with van der Waals surface area (Å²) in [4.78, 5) is 0. The Morgan fingerprint density at radius 3 is 2.43 bits per heavy atom. The Morgan fingerprint density at radius 1 is 1.29 bits per heavy atom. The molecule has 0 radical (unpaired) electrons. The summed E-state index contributed by atoms with van der Waals surface area (Å²) in [5.41, 5.74) is -0.101. The molecule has 1 N–H and O–H groups in total. The lowest BCUT2D eigenvalue weighted by Gasteiger charge is -2.32. The van der Waals surface area contributed by atoms with E-state index in [0.29, 0.717) is 12.5 Å². The van der Waals surface area contributed by atoms with Gasteiger partial charge in [0.1, 0.15) is 0 Å². The Bertz CT molecular complexity index is 132. The fourth-order valence-corrected chi connectivity index (χ4v) is 1.50. The van der Waals surface area contributed by atoms with E-state index in [1.807, 2.05) is 0 Å². The second-order valence-corrected chi connectivity index (χ2v) is 4.57. The summed E-state index contributed by atoms with van der Waals surface area (Å²) >= 11 is 0. The van der Waals surface area contributed by atoms with Crippen LogP contribution in [0.3, 0.4) is 0 Å². The van der Waals surface area contributed by atoms with E-state index in [-0.39, 0.29) is 12.2 Å². The van der Waals surface area contributed by atoms with Crippen LogP contribution in [0.15, 0.2) is 0 Å². The van der Waals surface area contributed by atoms with Gasteiger partial charge in [-0.2, -0.15) is 0 Å². The standard InChI is InChI=1S/C12H26O2/c1-5-6-7-8-11(2)12(3,4)14-10-9-13/h11,13H,5-10H2,1-4H3. The van der Waals surface area contributed by atoms with Crippen molar-refractivity contribution in [3.63, 3.8) is 0 Å². The van der Waals surface area contributed by atoms with Gasteiger partial charge in [-0.1, -0.05) is 33.1 Å². The first-order chi connectivity index (χ1) is 6.54. The molecule has 0 saturated carbocycles. The Hall–Kier alpha value is -0.0800. The molecule has 0 spiro atoms. The maximum Gasteiger partial charge on any atom is 0.0705 e. The predicted molar refractivity (Wildman–Crippen MR) is 60.4 cm³/mol. The van der Waals surface area contributed by atoms with Crippen LogP contribution in [-0.2, 0) is 4.74 Å². The predicted octanol–water partition coefficient (Wildman–Crippen LogP) is 2.99. The summed E-state index contributed by atoms with van der Waals surface area (Å²) in [6.45, 7) is 9.24. The highest BCUT2D eigenvalue weighted by atomic mass is 16.5. The minimum Gasteiger partial charge on any atom is -0.394 e. The first kappa shape index (κ1) is 13.9. The van der Waals surface area contributed by atoms with Crippen LogP contribution in [0.5, 0.6) is 0 Å². The van der Waals surface area contributed by atoms with Crippen molar-refractivity contribution < 1.29 is 9.84 Å². The minimum atomic E-state index is -0.101. The van der Waals surface area contributed by atoms with E-state index in [1.54, 1.807) is 0 Å². The van der Waals surface area contributed by atoms with Crippen LogP contribution in [0.1, 0.15) is 53.4 Å². The van der Waals surface area contributed by atoms with E-state index in [1.165, 1.54) is 25.7 Å². The quantitative estimate of drug-likeness (QED) is 0.613. The van der Waals surface area contributed by atoms with Crippen LogP contribution >= 0.6 is 0 Å². The van der Waals surface area contributed by atoms with Crippen molar-refractivity contribution in [1.82, 2.24) is 0 Å². The summed E-state index contributed by atoms with van der Waals surface area (Å²) in [5.74, 6) is 0.556. The van der Waals surface area contributed by atoms with Crippen molar-refractivity contribution in [2.45, 2.75) is 59.0 Å². The molecular formula is C12H26O2. The molecule has 1 atom stereocenters. The molecule has 0 amide bonds. The molecule has 0 heterocycles. The normalized spacial score (nSPS) is 14.4. The molecule has 0 rings (SSSR count). The monoisotopic (exact) mass is 202 g/mol. The molecule has 86 valence electrons. The van der Waals surface area contributed by atoms with Crippen molar-refractivity contribution in [3.05, 3.63) is 0 Å². The van der Waals surface area contributed by atoms with Gasteiger partial charge < -0.3 is 9.84 Å². The lowest BCUT2D eigenvalue weighted by Crippen LogP contribution is -2.33. The number of aliphatic hydroxyl groups excluding tert-OH is 1. The second kappa shape index (κ2) is 7.24. The van der Waals surface area contributed by atoms with Crippen LogP contribution in [0.2, 0.25) is 0 Å². The lowest BCUT2D eigenvalue weighted by atomic mass is 9.88. The molecule has 2 nitrogen and oxygen atoms in total. The molecular weight excluding hydrogens is 176 g/mol. The highest BCUT2D eigenvalue weighted by Crippen LogP contribution is 2.25. The highest BCUT2D eigenvalue weighted by molar-refractivity contribution is 4.76. The van der Waals surface area contributed by atoms with E-state index in [4.69, 9.17) is 9.84 Å². The van der Waals surface area contributed by atoms with Crippen molar-refractivity contribution in [2.24, 2.45) is 5.92 Å². The number of rotatable bonds is 8. The summed E-state index contributed by atoms with van der Waals surface area (Å²) in [5, 5.41) is 8.70. The van der Waals surface area contributed by atoms with Gasteiger partial charge in [0, 0.05) is 0 Å². The summed E-state index contributed by atoms with van der Waals surface area (Å²) in [7, 11) is 0. The zero-order valence-corrected chi connectivity index (χ0v) is 10.2. The van der Waals surface area contributed by atoms with Crippen molar-refractivity contribution in [3.8, 4) is 0 Å². The van der Waals surface area contributed by atoms with Gasteiger partial charge in [-0.3, -0.25) is 0 Å². The first-order valence-electron chi connectivity index (χ1n) is 5.79. The van der Waals surface area contributed by atoms with Gasteiger partial charge in [0.25, 0.3) is 0 Å². The number of hydrogen-bond donors (Lipinski definition) is 1. The van der Waals surface area contributed by atoms with Crippen molar-refractivity contribution in [1.29, 1.82) is 0 Å². The molecule has 14 heavy (non-hydrogen) atoms. The molecule has 2 heteroatoms. The molecule has 0 aromatic heterocycles. The minimum absolute atomic E-state index is 0.101. The van der Waals surface area contributed by atoms with Crippen LogP contribution in [-0.4, -0.2) is 23.9 Å². The number of unbranched alkanes of at least 4 members (excludes halogenated alkanes) is 2. The third kappa shape index (κ3) is 5.61. The molecule has 0 aliphatic heterocycles. The molecule has 0 aromatic rings. The number of hydrogen-bond acceptors (Lipinski definition) is 2. The number of ether oxygens (including phenoxy) is 1. The van der Waals surface area contributed by atoms with Gasteiger partial charge in [0.15, 0.2) is 0 Å². The fraction of sp³-hybridized carbons (Fsp3) is 1.00. The maximum atomic E-state index is 8.70. The fourth-order valence-electron chi connectivity index (χ4n) is 1.50. The van der Waals surface area contributed by atoms with Gasteiger partial charge in [0.2, 0.25) is 0 Å². The van der Waals surface area contributed by atoms with Gasteiger partial charge in [-0.15, -0.1) is 0 Å². The molecule has 0 saturated heterocycles. The van der Waals surface area contributed by atoms with Gasteiger partial charge in [0.05, 0.1) is 18.8 Å². The summed E-state index contributed by atoms with van der Waals surface area (Å²) in [6, 6.07) is 0. The van der Waals surface area contributed by atoms with Gasteiger partial charge in [-0.05, 0) is 26.2 Å². The Labute approximate surface area is 88.7 Å². The Balaban J connectivity index is 3.75. The van der Waals surface area contributed by atoms with E-state index in [2.05, 4.69) is 27.7 Å². The van der Waals surface area contributed by atoms with Crippen molar-refractivity contribution in [2.75, 3.05) is 13.2 Å². The lowest BCUT2D eigenvalue weighted by molar-refractivity contribution is -0.0689. The zero-order chi connectivity index (χ0) is 11.0. The van der Waals surface area contributed by atoms with Gasteiger partial charge >= 0.3 is 0 Å². The van der Waals surface area contributed by atoms with Gasteiger partial charge in [-0.25, -0.2) is 0 Å². The third-order valence-corrected chi connectivity index (χ3v) is 2.99. The molecule has 0 fully saturated rings. The average molecular weight is 202 g/mol. The molecule has 0 aromatic carbocycles. The van der Waals surface area contributed by atoms with E-state index in [9.17, 15) is 0 Å². The topological polar surface area (TPSA) is 29.5 Å². The van der Waals surface area contributed by atoms with E-state index >= 15 is 0 Å².